The van der Waals surface area contributed by atoms with Gasteiger partial charge in [0.25, 0.3) is 0 Å². The lowest BCUT2D eigenvalue weighted by Gasteiger charge is -2.10. The number of benzene rings is 4. The molecule has 0 atom stereocenters. The van der Waals surface area contributed by atoms with Gasteiger partial charge in [0.2, 0.25) is 0 Å². The van der Waals surface area contributed by atoms with Crippen LogP contribution in [0.2, 0.25) is 0 Å². The minimum Gasteiger partial charge on any atom is -0.294 e. The minimum absolute atomic E-state index is 0.898. The van der Waals surface area contributed by atoms with Gasteiger partial charge in [-0.05, 0) is 60.5 Å². The molecule has 1 aliphatic rings. The van der Waals surface area contributed by atoms with E-state index in [0.717, 1.165) is 62.6 Å². The predicted molar refractivity (Wildman–Crippen MR) is 187 cm³/mol. The third kappa shape index (κ3) is 4.15. The molecular weight excluding hydrogens is 548 g/mol. The summed E-state index contributed by atoms with van der Waals surface area (Å²) in [6, 6.07) is 44.9. The lowest BCUT2D eigenvalue weighted by Crippen LogP contribution is -2.00. The molecule has 0 N–H and O–H groups in total. The van der Waals surface area contributed by atoms with Crippen LogP contribution >= 0.6 is 0 Å². The van der Waals surface area contributed by atoms with Crippen LogP contribution < -0.4 is 0 Å². The van der Waals surface area contributed by atoms with E-state index in [-0.39, 0.29) is 0 Å². The van der Waals surface area contributed by atoms with Crippen molar-refractivity contribution in [3.8, 4) is 22.9 Å². The zero-order valence-corrected chi connectivity index (χ0v) is 24.5. The van der Waals surface area contributed by atoms with Crippen LogP contribution in [0, 0.1) is 0 Å². The number of rotatable bonds is 4. The molecule has 0 aliphatic heterocycles. The Morgan fingerprint density at radius 3 is 1.71 bits per heavy atom. The summed E-state index contributed by atoms with van der Waals surface area (Å²) < 4.78 is 4.62. The highest BCUT2D eigenvalue weighted by Gasteiger charge is 2.19. The van der Waals surface area contributed by atoms with Gasteiger partial charge in [0, 0.05) is 27.1 Å². The molecule has 0 spiro atoms. The Morgan fingerprint density at radius 2 is 1.04 bits per heavy atom. The number of hydrogen-bond donors (Lipinski definition) is 0. The number of pyridine rings is 2. The molecule has 4 heteroatoms. The molecule has 0 radical (unpaired) electrons. The molecule has 0 unspecified atom stereocenters. The normalized spacial score (nSPS) is 13.2. The Morgan fingerprint density at radius 1 is 0.467 bits per heavy atom. The maximum Gasteiger partial charge on any atom is 0.138 e. The highest BCUT2D eigenvalue weighted by atomic mass is 15.1. The monoisotopic (exact) mass is 576 g/mol. The van der Waals surface area contributed by atoms with Gasteiger partial charge in [-0.3, -0.25) is 9.13 Å². The van der Waals surface area contributed by atoms with Crippen LogP contribution in [-0.4, -0.2) is 19.1 Å². The first-order valence-corrected chi connectivity index (χ1v) is 15.3. The van der Waals surface area contributed by atoms with E-state index >= 15 is 0 Å². The van der Waals surface area contributed by atoms with Crippen molar-refractivity contribution in [3.05, 3.63) is 163 Å². The van der Waals surface area contributed by atoms with Crippen LogP contribution in [0.25, 0.3) is 72.1 Å². The van der Waals surface area contributed by atoms with Crippen LogP contribution in [0.15, 0.2) is 158 Å². The maximum absolute atomic E-state index is 5.21. The van der Waals surface area contributed by atoms with Gasteiger partial charge in [-0.15, -0.1) is 0 Å². The van der Waals surface area contributed by atoms with Crippen LogP contribution in [0.4, 0.5) is 0 Å². The molecule has 212 valence electrons. The summed E-state index contributed by atoms with van der Waals surface area (Å²) in [5.41, 5.74) is 8.70. The van der Waals surface area contributed by atoms with Crippen molar-refractivity contribution in [2.24, 2.45) is 0 Å². The van der Waals surface area contributed by atoms with Gasteiger partial charge in [0.1, 0.15) is 11.6 Å². The maximum atomic E-state index is 5.21. The first kappa shape index (κ1) is 25.5. The van der Waals surface area contributed by atoms with Crippen LogP contribution in [0.5, 0.6) is 0 Å². The lowest BCUT2D eigenvalue weighted by atomic mass is 10.1. The Labute approximate surface area is 260 Å². The lowest BCUT2D eigenvalue weighted by molar-refractivity contribution is 1.07. The molecule has 0 amide bonds. The molecule has 0 saturated heterocycles. The van der Waals surface area contributed by atoms with Gasteiger partial charge < -0.3 is 0 Å². The number of para-hydroxylation sites is 2. The number of hydrogen-bond acceptors (Lipinski definition) is 2. The van der Waals surface area contributed by atoms with Crippen molar-refractivity contribution in [2.45, 2.75) is 6.42 Å². The standard InChI is InChI=1S/C41H28N4/c1-2-5-15-28(14-4-1)34-20-12-24-40(42-34)44-36-22-10-8-18-30(36)32-27-39-33(26-38(32)44)31-19-9-11-23-37(31)45(39)41-25-13-21-35(43-41)29-16-6-3-7-17-29/h1-4,6-27H,5H2. The highest BCUT2D eigenvalue weighted by Crippen LogP contribution is 2.39. The summed E-state index contributed by atoms with van der Waals surface area (Å²) in [6.07, 6.45) is 11.6. The Hall–Kier alpha value is -6.00. The molecule has 0 fully saturated rings. The summed E-state index contributed by atoms with van der Waals surface area (Å²) in [7, 11) is 0. The van der Waals surface area contributed by atoms with Crippen molar-refractivity contribution in [2.75, 3.05) is 0 Å². The third-order valence-corrected chi connectivity index (χ3v) is 8.76. The van der Waals surface area contributed by atoms with E-state index in [9.17, 15) is 0 Å². The second-order valence-electron chi connectivity index (χ2n) is 11.4. The Kier molecular flexibility index (Phi) is 5.85. The number of nitrogens with zero attached hydrogens (tertiary/aromatic N) is 4. The van der Waals surface area contributed by atoms with Gasteiger partial charge in [-0.25, -0.2) is 9.97 Å². The SMILES string of the molecule is C1=CCC=C(c2cccc(-n3c4ccccc4c4cc5c(cc43)c3ccccc3n5-c3cccc(-c4ccccc4)n3)n2)C=C1. The highest BCUT2D eigenvalue weighted by molar-refractivity contribution is 6.18. The fourth-order valence-corrected chi connectivity index (χ4v) is 6.72. The van der Waals surface area contributed by atoms with Gasteiger partial charge in [0.05, 0.1) is 33.5 Å². The van der Waals surface area contributed by atoms with Gasteiger partial charge in [0.15, 0.2) is 0 Å². The molecule has 1 aliphatic carbocycles. The summed E-state index contributed by atoms with van der Waals surface area (Å²) >= 11 is 0. The van der Waals surface area contributed by atoms with Crippen molar-refractivity contribution in [1.29, 1.82) is 0 Å². The molecule has 45 heavy (non-hydrogen) atoms. The quantitative estimate of drug-likeness (QED) is 0.209. The second kappa shape index (κ2) is 10.3. The van der Waals surface area contributed by atoms with Crippen molar-refractivity contribution in [1.82, 2.24) is 19.1 Å². The molecule has 4 heterocycles. The van der Waals surface area contributed by atoms with Crippen molar-refractivity contribution >= 4 is 49.2 Å². The molecule has 4 nitrogen and oxygen atoms in total. The minimum atomic E-state index is 0.898. The summed E-state index contributed by atoms with van der Waals surface area (Å²) in [4.78, 5) is 10.4. The van der Waals surface area contributed by atoms with E-state index < -0.39 is 0 Å². The molecule has 8 aromatic rings. The molecule has 4 aromatic carbocycles. The largest absolute Gasteiger partial charge is 0.294 e. The van der Waals surface area contributed by atoms with Crippen LogP contribution in [-0.2, 0) is 0 Å². The molecular formula is C41H28N4. The molecule has 9 rings (SSSR count). The molecule has 0 saturated carbocycles. The van der Waals surface area contributed by atoms with E-state index in [2.05, 4.69) is 161 Å². The second-order valence-corrected chi connectivity index (χ2v) is 11.4. The van der Waals surface area contributed by atoms with E-state index in [1.165, 1.54) is 21.5 Å². The fourth-order valence-electron chi connectivity index (χ4n) is 6.72. The van der Waals surface area contributed by atoms with E-state index in [1.807, 2.05) is 6.07 Å². The van der Waals surface area contributed by atoms with Crippen molar-refractivity contribution < 1.29 is 0 Å². The van der Waals surface area contributed by atoms with Crippen LogP contribution in [0.3, 0.4) is 0 Å². The average molecular weight is 577 g/mol. The first-order chi connectivity index (χ1) is 22.3. The first-order valence-electron chi connectivity index (χ1n) is 15.3. The number of fused-ring (bicyclic) bond motifs is 6. The summed E-state index contributed by atoms with van der Waals surface area (Å²) in [6.45, 7) is 0. The zero-order valence-electron chi connectivity index (χ0n) is 24.5. The zero-order chi connectivity index (χ0) is 29.7. The average Bonchev–Trinajstić information content (AvgIpc) is 3.44. The Balaban J connectivity index is 1.32. The van der Waals surface area contributed by atoms with E-state index in [1.54, 1.807) is 0 Å². The molecule has 0 bridgehead atoms. The topological polar surface area (TPSA) is 35.6 Å². The smallest absolute Gasteiger partial charge is 0.138 e. The van der Waals surface area contributed by atoms with Crippen LogP contribution in [0.1, 0.15) is 12.1 Å². The summed E-state index contributed by atoms with van der Waals surface area (Å²) in [5, 5.41) is 4.76. The fraction of sp³-hybridized carbons (Fsp3) is 0.0244. The van der Waals surface area contributed by atoms with E-state index in [0.29, 0.717) is 0 Å². The van der Waals surface area contributed by atoms with Gasteiger partial charge >= 0.3 is 0 Å². The summed E-state index contributed by atoms with van der Waals surface area (Å²) in [5.74, 6) is 1.81. The van der Waals surface area contributed by atoms with Crippen molar-refractivity contribution in [3.63, 3.8) is 0 Å². The number of allylic oxidation sites excluding steroid dienone is 6. The van der Waals surface area contributed by atoms with Gasteiger partial charge in [-0.2, -0.15) is 0 Å². The Bertz CT molecular complexity index is 2510. The predicted octanol–water partition coefficient (Wildman–Crippen LogP) is 10.2. The third-order valence-electron chi connectivity index (χ3n) is 8.76. The van der Waals surface area contributed by atoms with E-state index in [4.69, 9.17) is 9.97 Å². The molecule has 4 aromatic heterocycles. The number of aromatic nitrogens is 4. The van der Waals surface area contributed by atoms with Gasteiger partial charge in [-0.1, -0.05) is 109 Å².